The summed E-state index contributed by atoms with van der Waals surface area (Å²) < 4.78 is 0. The molecule has 0 saturated carbocycles. The molecule has 0 unspecified atom stereocenters. The summed E-state index contributed by atoms with van der Waals surface area (Å²) in [5.74, 6) is 0. The van der Waals surface area contributed by atoms with E-state index < -0.39 is 0 Å². The number of hydrogen-bond acceptors (Lipinski definition) is 6. The summed E-state index contributed by atoms with van der Waals surface area (Å²) >= 11 is 10.2. The highest BCUT2D eigenvalue weighted by Crippen LogP contribution is 2.06. The van der Waals surface area contributed by atoms with Gasteiger partial charge in [-0.2, -0.15) is 15.3 Å². The monoisotopic (exact) mass is 370 g/mol. The Labute approximate surface area is 154 Å². The molecule has 0 radical (unpaired) electrons. The molecule has 0 aliphatic rings. The summed E-state index contributed by atoms with van der Waals surface area (Å²) in [5, 5.41) is 20.9. The molecular weight excluding hydrogens is 344 g/mol. The highest BCUT2D eigenvalue weighted by atomic mass is 32.1. The summed E-state index contributed by atoms with van der Waals surface area (Å²) in [6, 6.07) is 0. The van der Waals surface area contributed by atoms with Crippen LogP contribution < -0.4 is 21.5 Å². The first-order valence-electron chi connectivity index (χ1n) is 7.48. The maximum Gasteiger partial charge on any atom is 0.186 e. The van der Waals surface area contributed by atoms with Gasteiger partial charge in [-0.1, -0.05) is 6.08 Å². The molecule has 134 valence electrons. The molecule has 0 amide bonds. The van der Waals surface area contributed by atoms with Crippen LogP contribution in [0.25, 0.3) is 0 Å². The van der Waals surface area contributed by atoms with E-state index >= 15 is 0 Å². The van der Waals surface area contributed by atoms with Crippen molar-refractivity contribution in [1.29, 1.82) is 0 Å². The van der Waals surface area contributed by atoms with Crippen molar-refractivity contribution in [3.05, 3.63) is 11.8 Å². The Morgan fingerprint density at radius 3 is 2.00 bits per heavy atom. The van der Waals surface area contributed by atoms with Crippen LogP contribution in [0.2, 0.25) is 0 Å². The van der Waals surface area contributed by atoms with Gasteiger partial charge in [-0.25, -0.2) is 0 Å². The minimum atomic E-state index is 0.420. The average molecular weight is 371 g/mol. The van der Waals surface area contributed by atoms with E-state index in [2.05, 4.69) is 43.5 Å². The molecule has 0 heterocycles. The van der Waals surface area contributed by atoms with Crippen molar-refractivity contribution >= 4 is 52.8 Å². The van der Waals surface area contributed by atoms with Crippen LogP contribution in [0.15, 0.2) is 27.1 Å². The molecule has 0 aliphatic heterocycles. The van der Waals surface area contributed by atoms with E-state index in [1.807, 2.05) is 26.8 Å². The molecule has 0 spiro atoms. The third-order valence-corrected chi connectivity index (χ3v) is 3.16. The lowest BCUT2D eigenvalue weighted by atomic mass is 10.2. The van der Waals surface area contributed by atoms with Crippen LogP contribution in [0.3, 0.4) is 0 Å². The van der Waals surface area contributed by atoms with Crippen molar-refractivity contribution in [2.45, 2.75) is 27.7 Å². The average Bonchev–Trinajstić information content (AvgIpc) is 2.56. The van der Waals surface area contributed by atoms with E-state index in [9.17, 15) is 0 Å². The van der Waals surface area contributed by atoms with Crippen molar-refractivity contribution in [3.8, 4) is 0 Å². The van der Waals surface area contributed by atoms with Crippen LogP contribution in [0.5, 0.6) is 0 Å². The van der Waals surface area contributed by atoms with Crippen molar-refractivity contribution in [2.24, 2.45) is 15.3 Å². The minimum absolute atomic E-state index is 0.420. The highest BCUT2D eigenvalue weighted by molar-refractivity contribution is 7.80. The Bertz CT molecular complexity index is 539. The van der Waals surface area contributed by atoms with Gasteiger partial charge in [-0.3, -0.25) is 15.9 Å². The summed E-state index contributed by atoms with van der Waals surface area (Å²) in [7, 11) is 1.77. The molecule has 0 aromatic rings. The highest BCUT2D eigenvalue weighted by Gasteiger charge is 2.15. The Balaban J connectivity index is 5.48. The first-order chi connectivity index (χ1) is 11.4. The topological polar surface area (TPSA) is 88.4 Å². The molecule has 0 saturated heterocycles. The third-order valence-electron chi connectivity index (χ3n) is 2.69. The predicted molar refractivity (Wildman–Crippen MR) is 110 cm³/mol. The summed E-state index contributed by atoms with van der Waals surface area (Å²) in [4.78, 5) is 0. The van der Waals surface area contributed by atoms with E-state index in [0.717, 1.165) is 0 Å². The molecule has 0 aromatic carbocycles. The lowest BCUT2D eigenvalue weighted by Gasteiger charge is -2.18. The molecule has 0 rings (SSSR count). The Hall–Kier alpha value is -2.07. The zero-order chi connectivity index (χ0) is 18.5. The Morgan fingerprint density at radius 1 is 1.08 bits per heavy atom. The lowest BCUT2D eigenvalue weighted by molar-refractivity contribution is 0.473. The van der Waals surface area contributed by atoms with Gasteiger partial charge in [0.25, 0.3) is 0 Å². The molecule has 0 bridgehead atoms. The second-order valence-electron chi connectivity index (χ2n) is 4.44. The molecule has 0 aromatic heterocycles. The van der Waals surface area contributed by atoms with Gasteiger partial charge >= 0.3 is 0 Å². The molecule has 0 aliphatic carbocycles. The van der Waals surface area contributed by atoms with Gasteiger partial charge in [0, 0.05) is 26.9 Å². The smallest absolute Gasteiger partial charge is 0.186 e. The predicted octanol–water partition coefficient (Wildman–Crippen LogP) is 1.14. The molecule has 24 heavy (non-hydrogen) atoms. The standard InChI is InChI=1S/C14H26N8S2/c1-7-11(22(6)15-5)12(19-21-14(24)17-9-3)10(4)18-20-13(23)16-8-2/h7H,5,8-9H2,1-4,6H3,(H2,16,20,23)(H2,17,21,24)/b11-7-,18-10+,19-12-. The van der Waals surface area contributed by atoms with Crippen LogP contribution in [0.1, 0.15) is 27.7 Å². The maximum absolute atomic E-state index is 5.13. The van der Waals surface area contributed by atoms with E-state index in [1.165, 1.54) is 0 Å². The van der Waals surface area contributed by atoms with Crippen molar-refractivity contribution < 1.29 is 0 Å². The van der Waals surface area contributed by atoms with Gasteiger partial charge < -0.3 is 10.6 Å². The fourth-order valence-corrected chi connectivity index (χ4v) is 1.95. The Kier molecular flexibility index (Phi) is 11.3. The van der Waals surface area contributed by atoms with E-state index in [1.54, 1.807) is 19.0 Å². The molecular formula is C14H26N8S2. The first kappa shape index (κ1) is 21.9. The van der Waals surface area contributed by atoms with E-state index in [4.69, 9.17) is 24.4 Å². The number of thiocarbonyl (C=S) groups is 2. The summed E-state index contributed by atoms with van der Waals surface area (Å²) in [6.45, 7) is 12.5. The van der Waals surface area contributed by atoms with Crippen molar-refractivity contribution in [3.63, 3.8) is 0 Å². The SMILES string of the molecule is C=NN(C)C(=C\C)/C(=N\NC(=S)NCC)C(/C)=N/NC(=S)NCC. The number of nitrogens with zero attached hydrogens (tertiary/aromatic N) is 4. The molecule has 0 fully saturated rings. The van der Waals surface area contributed by atoms with Crippen molar-refractivity contribution in [2.75, 3.05) is 20.1 Å². The lowest BCUT2D eigenvalue weighted by Crippen LogP contribution is -2.36. The third kappa shape index (κ3) is 7.97. The number of rotatable bonds is 8. The fraction of sp³-hybridized carbons (Fsp3) is 0.500. The van der Waals surface area contributed by atoms with Gasteiger partial charge in [0.2, 0.25) is 0 Å². The molecule has 10 heteroatoms. The number of allylic oxidation sites excluding steroid dienone is 2. The second-order valence-corrected chi connectivity index (χ2v) is 5.26. The largest absolute Gasteiger partial charge is 0.362 e. The van der Waals surface area contributed by atoms with Gasteiger partial charge in [0.1, 0.15) is 5.71 Å². The molecule has 0 atom stereocenters. The fourth-order valence-electron chi connectivity index (χ4n) is 1.57. The maximum atomic E-state index is 5.13. The van der Waals surface area contributed by atoms with Gasteiger partial charge in [0.15, 0.2) is 10.2 Å². The number of hydrogen-bond donors (Lipinski definition) is 4. The quantitative estimate of drug-likeness (QED) is 0.289. The second kappa shape index (κ2) is 12.4. The van der Waals surface area contributed by atoms with Crippen molar-refractivity contribution in [1.82, 2.24) is 26.5 Å². The number of hydrazone groups is 3. The van der Waals surface area contributed by atoms with Gasteiger partial charge in [-0.15, -0.1) is 0 Å². The van der Waals surface area contributed by atoms with E-state index in [-0.39, 0.29) is 0 Å². The summed E-state index contributed by atoms with van der Waals surface area (Å²) in [6.07, 6.45) is 1.85. The molecule has 8 nitrogen and oxygen atoms in total. The van der Waals surface area contributed by atoms with Crippen LogP contribution in [-0.4, -0.2) is 53.5 Å². The Morgan fingerprint density at radius 2 is 1.58 bits per heavy atom. The van der Waals surface area contributed by atoms with Gasteiger partial charge in [-0.05, 0) is 52.1 Å². The van der Waals surface area contributed by atoms with Crippen LogP contribution in [-0.2, 0) is 0 Å². The van der Waals surface area contributed by atoms with Crippen LogP contribution >= 0.6 is 24.4 Å². The van der Waals surface area contributed by atoms with E-state index in [0.29, 0.717) is 40.4 Å². The minimum Gasteiger partial charge on any atom is -0.362 e. The van der Waals surface area contributed by atoms with Crippen LogP contribution in [0, 0.1) is 0 Å². The zero-order valence-corrected chi connectivity index (χ0v) is 16.4. The summed E-state index contributed by atoms with van der Waals surface area (Å²) in [5.41, 5.74) is 7.44. The van der Waals surface area contributed by atoms with Crippen LogP contribution in [0.4, 0.5) is 0 Å². The number of nitrogens with one attached hydrogen (secondary N) is 4. The first-order valence-corrected chi connectivity index (χ1v) is 8.29. The van der Waals surface area contributed by atoms with Gasteiger partial charge in [0.05, 0.1) is 11.4 Å². The molecule has 4 N–H and O–H groups in total. The normalized spacial score (nSPS) is 12.3. The zero-order valence-electron chi connectivity index (χ0n) is 14.8.